The fourth-order valence-electron chi connectivity index (χ4n) is 12.1. The van der Waals surface area contributed by atoms with E-state index in [0.717, 1.165) is 49.0 Å². The van der Waals surface area contributed by atoms with Crippen LogP contribution in [0.15, 0.2) is 211 Å². The Balaban J connectivity index is 0.000000270. The van der Waals surface area contributed by atoms with E-state index in [1.54, 1.807) is 73.8 Å². The van der Waals surface area contributed by atoms with Gasteiger partial charge in [-0.1, -0.05) is 127 Å². The van der Waals surface area contributed by atoms with Crippen molar-refractivity contribution in [3.8, 4) is 28.7 Å². The van der Waals surface area contributed by atoms with Crippen molar-refractivity contribution in [1.82, 2.24) is 52.1 Å². The lowest BCUT2D eigenvalue weighted by Crippen LogP contribution is -2.45. The fraction of sp³-hybridized carbons (Fsp3) is 0.281. The van der Waals surface area contributed by atoms with Crippen molar-refractivity contribution in [2.24, 2.45) is 50.3 Å². The van der Waals surface area contributed by atoms with Crippen LogP contribution in [0, 0.1) is 6.92 Å². The molecule has 1 heterocycles. The number of guanidine groups is 1. The van der Waals surface area contributed by atoms with E-state index >= 15 is 0 Å². The van der Waals surface area contributed by atoms with Crippen molar-refractivity contribution >= 4 is 124 Å². The average molecular weight is 1740 g/mol. The van der Waals surface area contributed by atoms with Crippen LogP contribution < -0.4 is 97.0 Å². The number of amides is 11. The summed E-state index contributed by atoms with van der Waals surface area (Å²) in [5, 5.41) is 45.3. The number of aliphatic imine (C=N–C) groups is 2. The maximum Gasteiger partial charge on any atom is 0.390 e. The van der Waals surface area contributed by atoms with Gasteiger partial charge in [-0.2, -0.15) is 0 Å². The summed E-state index contributed by atoms with van der Waals surface area (Å²) in [5.41, 5.74) is 36.9. The minimum atomic E-state index is -0.808. The Bertz CT molecular complexity index is 5340. The van der Waals surface area contributed by atoms with E-state index in [1.807, 2.05) is 110 Å². The largest absolute Gasteiger partial charge is 0.508 e. The van der Waals surface area contributed by atoms with Crippen LogP contribution in [0.25, 0.3) is 32.3 Å². The number of aryl methyl sites for hydroxylation is 1. The summed E-state index contributed by atoms with van der Waals surface area (Å²) in [5.74, 6) is 1.76. The second kappa shape index (κ2) is 54.7. The first-order valence-corrected chi connectivity index (χ1v) is 40.5. The maximum absolute atomic E-state index is 12.7. The van der Waals surface area contributed by atoms with E-state index in [0.29, 0.717) is 125 Å². The van der Waals surface area contributed by atoms with Crippen molar-refractivity contribution in [2.45, 2.75) is 89.7 Å². The number of primary amides is 2. The number of nitrogens with one attached hydrogen (secondary N) is 8. The van der Waals surface area contributed by atoms with E-state index in [1.165, 1.54) is 54.8 Å². The molecule has 0 saturated heterocycles. The summed E-state index contributed by atoms with van der Waals surface area (Å²) in [6, 6.07) is 52.0. The number of carbonyl (C=O) groups excluding carboxylic acids is 11. The highest BCUT2D eigenvalue weighted by Gasteiger charge is 2.24. The Kier molecular flexibility index (Phi) is 43.5. The number of aromatic nitrogens is 2. The highest BCUT2D eigenvalue weighted by Crippen LogP contribution is 2.30. The molecule has 3 unspecified atom stereocenters. The fourth-order valence-corrected chi connectivity index (χ4v) is 12.1. The molecule has 0 fully saturated rings. The summed E-state index contributed by atoms with van der Waals surface area (Å²) < 4.78 is 23.8. The van der Waals surface area contributed by atoms with Crippen molar-refractivity contribution in [2.75, 3.05) is 73.2 Å². The van der Waals surface area contributed by atoms with Gasteiger partial charge in [-0.25, -0.2) is 20.9 Å². The molecule has 38 heteroatoms. The molecule has 3 atom stereocenters. The first-order chi connectivity index (χ1) is 61.1. The lowest BCUT2D eigenvalue weighted by atomic mass is 9.69. The molecule has 11 amide bonds. The smallest absolute Gasteiger partial charge is 0.390 e. The Labute approximate surface area is 736 Å². The molecule has 10 aromatic rings. The maximum atomic E-state index is 12.7. The van der Waals surface area contributed by atoms with E-state index in [-0.39, 0.29) is 85.2 Å². The highest BCUT2D eigenvalue weighted by molar-refractivity contribution is 6.86. The summed E-state index contributed by atoms with van der Waals surface area (Å²) in [6.45, 7) is 4.64. The van der Waals surface area contributed by atoms with Crippen LogP contribution in [0.2, 0.25) is 6.82 Å². The first-order valence-electron chi connectivity index (χ1n) is 40.5. The summed E-state index contributed by atoms with van der Waals surface area (Å²) in [4.78, 5) is 142. The quantitative estimate of drug-likeness (QED) is 0.00646. The third-order valence-corrected chi connectivity index (χ3v) is 18.6. The van der Waals surface area contributed by atoms with Crippen molar-refractivity contribution in [3.05, 3.63) is 240 Å². The molecular formula is C89H109B2N19O17. The molecule has 668 valence electrons. The van der Waals surface area contributed by atoms with Crippen LogP contribution in [0.3, 0.4) is 0 Å². The van der Waals surface area contributed by atoms with Crippen molar-refractivity contribution < 1.29 is 81.9 Å². The number of aromatic hydroxyl groups is 2. The average Bonchev–Trinajstić information content (AvgIpc) is 1.26. The number of carbonyl (C=O) groups is 11. The SMILES string of the molecule is CN.CNC(=O)CNC(=O)c1cc2ccccc2cc1OCCCCNC(=O)C(N)Cc1ccc(C)cc1.NC(=O)CNC(=O)c1cc2ccccc2cc1OCCCCNC(=O)C(Cc1ccc(O)cc1)N=C(N)N.NC(=O)CNC(=O)c1cc2ccccc2cc1OCCCCNC(=O)C(Cc1ccc(O)cc1)NC=O.[B]C(=O)N=C(B(C)ON)n1ccnc1. The zero-order valence-corrected chi connectivity index (χ0v) is 71.1. The molecule has 0 aliphatic rings. The number of nitrogens with zero attached hydrogens (tertiary/aromatic N) is 4. The van der Waals surface area contributed by atoms with Crippen LogP contribution in [-0.4, -0.2) is 203 Å². The molecule has 0 bridgehead atoms. The number of phenolic OH excluding ortho intramolecular Hbond substituents is 2. The normalized spacial score (nSPS) is 11.3. The lowest BCUT2D eigenvalue weighted by molar-refractivity contribution is -0.125. The van der Waals surface area contributed by atoms with Gasteiger partial charge >= 0.3 is 6.92 Å². The van der Waals surface area contributed by atoms with Gasteiger partial charge in [0.1, 0.15) is 46.6 Å². The predicted octanol–water partition coefficient (Wildman–Crippen LogP) is 3.83. The monoisotopic (exact) mass is 1740 g/mol. The van der Waals surface area contributed by atoms with Crippen LogP contribution in [0.1, 0.15) is 91.9 Å². The number of imidazole rings is 1. The summed E-state index contributed by atoms with van der Waals surface area (Å²) >= 11 is 0. The van der Waals surface area contributed by atoms with Gasteiger partial charge in [-0.05, 0) is 175 Å². The molecule has 127 heavy (non-hydrogen) atoms. The second-order valence-corrected chi connectivity index (χ2v) is 28.3. The third-order valence-electron chi connectivity index (χ3n) is 18.6. The molecule has 1 aromatic heterocycles. The number of phenols is 2. The van der Waals surface area contributed by atoms with Crippen LogP contribution in [0.4, 0.5) is 4.79 Å². The molecule has 0 saturated carbocycles. The van der Waals surface area contributed by atoms with Gasteiger partial charge in [-0.3, -0.25) is 57.3 Å². The van der Waals surface area contributed by atoms with Gasteiger partial charge in [0.2, 0.25) is 49.7 Å². The van der Waals surface area contributed by atoms with Gasteiger partial charge in [0.05, 0.1) is 68.5 Å². The lowest BCUT2D eigenvalue weighted by Gasteiger charge is -2.16. The number of benzene rings is 9. The van der Waals surface area contributed by atoms with E-state index in [9.17, 15) is 63.0 Å². The molecule has 2 radical (unpaired) electrons. The standard InChI is InChI=1S/C28H34N4O4.C27H32N6O5.C27H30N4O6.C6H8B2N4O2.CH5N/c1-19-9-11-20(12-10-19)15-24(29)28(35)31-13-5-6-14-36-25-17-22-8-4-3-7-21(22)16-23(25)27(34)32-18-26(33)30-2;28-24(35)16-32-25(36)21-14-18-5-1-2-6-19(18)15-23(21)38-12-4-3-11-31-26(37)22(33-27(29)30)13-17-7-9-20(34)10-8-17;28-25(34)16-30-26(35)22-14-19-5-1-2-6-20(19)15-24(22)37-12-4-3-11-29-27(36)23(31-17-32)13-18-7-9-21(33)10-8-18;1-8(14-9)6(11-5(7)13)12-3-2-10-4-12;1-2/h3-4,7-12,16-17,24H,5-6,13-15,18,29H2,1-2H3,(H,30,33)(H,31,35)(H,32,34);1-2,5-10,14-15,22,34H,3-4,11-13,16H2,(H2,28,35)(H,31,37)(H,32,36)(H4,29,30,33);1-2,5-10,14-15,17,23,33H,3-4,11-13,16H2,(H2,28,34)(H,29,36)(H,30,35)(H,31,32);2-4H,9H2,1H3;2H2,1H3. The van der Waals surface area contributed by atoms with E-state index in [2.05, 4.69) is 68.0 Å². The van der Waals surface area contributed by atoms with Crippen LogP contribution in [0.5, 0.6) is 28.7 Å². The molecular weight excluding hydrogens is 1630 g/mol. The highest BCUT2D eigenvalue weighted by atomic mass is 16.6. The summed E-state index contributed by atoms with van der Waals surface area (Å²) in [7, 11) is 7.95. The number of fused-ring (bicyclic) bond motifs is 3. The Morgan fingerprint density at radius 2 is 0.906 bits per heavy atom. The van der Waals surface area contributed by atoms with Crippen LogP contribution in [-0.2, 0) is 57.6 Å². The van der Waals surface area contributed by atoms with Crippen LogP contribution >= 0.6 is 0 Å². The minimum Gasteiger partial charge on any atom is -0.508 e. The number of rotatable bonds is 41. The van der Waals surface area contributed by atoms with E-state index in [4.69, 9.17) is 56.6 Å². The number of unbranched alkanes of at least 4 members (excludes halogenated alkanes) is 3. The topological polar surface area (TPSA) is 586 Å². The zero-order chi connectivity index (χ0) is 92.6. The van der Waals surface area contributed by atoms with Crippen molar-refractivity contribution in [3.63, 3.8) is 0 Å². The Morgan fingerprint density at radius 3 is 1.28 bits per heavy atom. The zero-order valence-electron chi connectivity index (χ0n) is 71.1. The van der Waals surface area contributed by atoms with Gasteiger partial charge in [0, 0.05) is 51.9 Å². The van der Waals surface area contributed by atoms with E-state index < -0.39 is 54.5 Å². The molecule has 0 aliphatic carbocycles. The molecule has 9 aromatic carbocycles. The first kappa shape index (κ1) is 101. The Morgan fingerprint density at radius 1 is 0.520 bits per heavy atom. The second-order valence-electron chi connectivity index (χ2n) is 28.3. The molecule has 0 aliphatic heterocycles. The number of hydrogen-bond donors (Lipinski definition) is 17. The summed E-state index contributed by atoms with van der Waals surface area (Å²) in [6.07, 6.45) is 9.95. The predicted molar refractivity (Wildman–Crippen MR) is 487 cm³/mol. The molecule has 0 spiro atoms. The molecule has 10 rings (SSSR count). The Hall–Kier alpha value is -14.8. The van der Waals surface area contributed by atoms with Gasteiger partial charge in [-0.15, -0.1) is 0 Å². The minimum absolute atomic E-state index is 0.118. The van der Waals surface area contributed by atoms with Gasteiger partial charge < -0.3 is 106 Å². The number of nitrogens with two attached hydrogens (primary N) is 7. The van der Waals surface area contributed by atoms with Gasteiger partial charge in [0.25, 0.3) is 17.7 Å². The van der Waals surface area contributed by atoms with Gasteiger partial charge in [0.15, 0.2) is 11.8 Å². The number of hydrogen-bond acceptors (Lipinski definition) is 22. The third kappa shape index (κ3) is 35.9. The molecule has 36 nitrogen and oxygen atoms in total. The molecule has 24 N–H and O–H groups in total. The number of likely N-dealkylation sites (N-methyl/N-ethyl adjacent to an activating group) is 1. The number of ether oxygens (including phenoxy) is 3. The van der Waals surface area contributed by atoms with Crippen molar-refractivity contribution in [1.29, 1.82) is 0 Å².